The van der Waals surface area contributed by atoms with E-state index in [0.717, 1.165) is 26.9 Å². The summed E-state index contributed by atoms with van der Waals surface area (Å²) in [4.78, 5) is 0. The van der Waals surface area contributed by atoms with E-state index < -0.39 is 0 Å². The number of fused-ring (bicyclic) bond motifs is 3. The standard InChI is InChI=1S/C20H19Br2NO2/c1-24-17-10-11(9-16(22)20(17)25-2)18-13-6-3-5-12(13)14-7-4-8-15(21)19(14)23-18/h3-5,7-10,12-13,18,23H,6H2,1-2H3/t12-,13-,18+/m1/s1. The summed E-state index contributed by atoms with van der Waals surface area (Å²) in [5.74, 6) is 2.40. The summed E-state index contributed by atoms with van der Waals surface area (Å²) in [5, 5.41) is 3.76. The molecule has 4 rings (SSSR count). The highest BCUT2D eigenvalue weighted by molar-refractivity contribution is 9.11. The molecule has 0 radical (unpaired) electrons. The van der Waals surface area contributed by atoms with E-state index >= 15 is 0 Å². The van der Waals surface area contributed by atoms with Crippen molar-refractivity contribution in [3.05, 3.63) is 62.6 Å². The summed E-state index contributed by atoms with van der Waals surface area (Å²) in [6, 6.07) is 10.9. The Balaban J connectivity index is 1.82. The monoisotopic (exact) mass is 463 g/mol. The second kappa shape index (κ2) is 6.69. The fourth-order valence-electron chi connectivity index (χ4n) is 4.03. The van der Waals surface area contributed by atoms with Gasteiger partial charge < -0.3 is 14.8 Å². The number of nitrogens with one attached hydrogen (secondary N) is 1. The Bertz CT molecular complexity index is 850. The van der Waals surface area contributed by atoms with Crippen LogP contribution in [0.3, 0.4) is 0 Å². The van der Waals surface area contributed by atoms with Gasteiger partial charge in [0.1, 0.15) is 0 Å². The van der Waals surface area contributed by atoms with Gasteiger partial charge in [0.15, 0.2) is 11.5 Å². The Morgan fingerprint density at radius 3 is 2.68 bits per heavy atom. The molecule has 1 heterocycles. The van der Waals surface area contributed by atoms with E-state index in [2.05, 4.69) is 79.7 Å². The summed E-state index contributed by atoms with van der Waals surface area (Å²) in [5.41, 5.74) is 3.75. The van der Waals surface area contributed by atoms with Gasteiger partial charge in [-0.05, 0) is 73.5 Å². The van der Waals surface area contributed by atoms with Crippen LogP contribution >= 0.6 is 31.9 Å². The number of hydrogen-bond donors (Lipinski definition) is 1. The van der Waals surface area contributed by atoms with Crippen molar-refractivity contribution >= 4 is 37.5 Å². The maximum Gasteiger partial charge on any atom is 0.174 e. The average Bonchev–Trinajstić information content (AvgIpc) is 3.10. The van der Waals surface area contributed by atoms with Crippen molar-refractivity contribution < 1.29 is 9.47 Å². The number of allylic oxidation sites excluding steroid dienone is 2. The van der Waals surface area contributed by atoms with E-state index in [1.807, 2.05) is 0 Å². The molecule has 0 spiro atoms. The highest BCUT2D eigenvalue weighted by Crippen LogP contribution is 2.52. The van der Waals surface area contributed by atoms with Crippen molar-refractivity contribution in [3.63, 3.8) is 0 Å². The van der Waals surface area contributed by atoms with Crippen LogP contribution in [0.5, 0.6) is 11.5 Å². The fraction of sp³-hybridized carbons (Fsp3) is 0.300. The minimum atomic E-state index is 0.210. The van der Waals surface area contributed by atoms with Crippen LogP contribution in [-0.2, 0) is 0 Å². The Morgan fingerprint density at radius 2 is 1.92 bits per heavy atom. The predicted molar refractivity (Wildman–Crippen MR) is 108 cm³/mol. The van der Waals surface area contributed by atoms with Crippen molar-refractivity contribution in [2.75, 3.05) is 19.5 Å². The molecule has 5 heteroatoms. The number of para-hydroxylation sites is 1. The number of rotatable bonds is 3. The van der Waals surface area contributed by atoms with Gasteiger partial charge in [-0.15, -0.1) is 0 Å². The molecule has 1 N–H and O–H groups in total. The first-order valence-electron chi connectivity index (χ1n) is 8.27. The van der Waals surface area contributed by atoms with Crippen LogP contribution in [-0.4, -0.2) is 14.2 Å². The Hall–Kier alpha value is -1.46. The molecule has 0 bridgehead atoms. The molecule has 0 fully saturated rings. The van der Waals surface area contributed by atoms with Crippen LogP contribution in [0.4, 0.5) is 5.69 Å². The van der Waals surface area contributed by atoms with Gasteiger partial charge in [-0.2, -0.15) is 0 Å². The SMILES string of the molecule is COc1cc([C@@H]2Nc3c(Br)cccc3[C@@H]3C=CC[C@H]32)cc(Br)c1OC. The van der Waals surface area contributed by atoms with Gasteiger partial charge in [-0.25, -0.2) is 0 Å². The van der Waals surface area contributed by atoms with Crippen LogP contribution in [0.25, 0.3) is 0 Å². The molecule has 2 aliphatic rings. The Morgan fingerprint density at radius 1 is 1.08 bits per heavy atom. The Kier molecular flexibility index (Phi) is 4.54. The molecule has 0 aromatic heterocycles. The van der Waals surface area contributed by atoms with Gasteiger partial charge in [0.05, 0.1) is 30.4 Å². The second-order valence-corrected chi connectivity index (χ2v) is 8.13. The second-order valence-electron chi connectivity index (χ2n) is 6.42. The van der Waals surface area contributed by atoms with Crippen molar-refractivity contribution in [2.45, 2.75) is 18.4 Å². The lowest BCUT2D eigenvalue weighted by Gasteiger charge is -2.38. The predicted octanol–water partition coefficient (Wildman–Crippen LogP) is 6.06. The molecule has 2 aromatic rings. The lowest BCUT2D eigenvalue weighted by molar-refractivity contribution is 0.351. The third-order valence-corrected chi connectivity index (χ3v) is 6.41. The number of methoxy groups -OCH3 is 2. The Labute approximate surface area is 164 Å². The number of benzene rings is 2. The fourth-order valence-corrected chi connectivity index (χ4v) is 5.15. The van der Waals surface area contributed by atoms with Gasteiger partial charge in [-0.3, -0.25) is 0 Å². The minimum Gasteiger partial charge on any atom is -0.493 e. The van der Waals surface area contributed by atoms with E-state index in [1.165, 1.54) is 16.8 Å². The topological polar surface area (TPSA) is 30.5 Å². The zero-order valence-electron chi connectivity index (χ0n) is 14.1. The molecule has 1 aliphatic carbocycles. The van der Waals surface area contributed by atoms with E-state index in [-0.39, 0.29) is 6.04 Å². The van der Waals surface area contributed by atoms with Crippen LogP contribution in [0, 0.1) is 5.92 Å². The first-order chi connectivity index (χ1) is 12.1. The summed E-state index contributed by atoms with van der Waals surface area (Å²) in [7, 11) is 3.33. The normalized spacial score (nSPS) is 23.6. The van der Waals surface area contributed by atoms with E-state index in [1.54, 1.807) is 14.2 Å². The number of halogens is 2. The van der Waals surface area contributed by atoms with Crippen molar-refractivity contribution in [2.24, 2.45) is 5.92 Å². The largest absolute Gasteiger partial charge is 0.493 e. The van der Waals surface area contributed by atoms with E-state index in [0.29, 0.717) is 11.8 Å². The summed E-state index contributed by atoms with van der Waals surface area (Å²) in [6.45, 7) is 0. The molecule has 0 saturated carbocycles. The molecule has 25 heavy (non-hydrogen) atoms. The van der Waals surface area contributed by atoms with Crippen molar-refractivity contribution in [1.29, 1.82) is 0 Å². The summed E-state index contributed by atoms with van der Waals surface area (Å²) >= 11 is 7.33. The third kappa shape index (κ3) is 2.77. The molecule has 3 atom stereocenters. The highest BCUT2D eigenvalue weighted by atomic mass is 79.9. The van der Waals surface area contributed by atoms with E-state index in [9.17, 15) is 0 Å². The summed E-state index contributed by atoms with van der Waals surface area (Å²) < 4.78 is 13.0. The first kappa shape index (κ1) is 17.0. The summed E-state index contributed by atoms with van der Waals surface area (Å²) in [6.07, 6.45) is 5.72. The van der Waals surface area contributed by atoms with Crippen LogP contribution in [0.15, 0.2) is 51.4 Å². The van der Waals surface area contributed by atoms with Crippen LogP contribution in [0.1, 0.15) is 29.5 Å². The molecule has 2 aromatic carbocycles. The van der Waals surface area contributed by atoms with Gasteiger partial charge >= 0.3 is 0 Å². The van der Waals surface area contributed by atoms with Crippen LogP contribution in [0.2, 0.25) is 0 Å². The molecule has 130 valence electrons. The lowest BCUT2D eigenvalue weighted by atomic mass is 9.77. The van der Waals surface area contributed by atoms with Crippen molar-refractivity contribution in [1.82, 2.24) is 0 Å². The first-order valence-corrected chi connectivity index (χ1v) is 9.85. The minimum absolute atomic E-state index is 0.210. The van der Waals surface area contributed by atoms with Gasteiger partial charge in [0.2, 0.25) is 0 Å². The van der Waals surface area contributed by atoms with Gasteiger partial charge in [0, 0.05) is 10.4 Å². The van der Waals surface area contributed by atoms with Gasteiger partial charge in [0.25, 0.3) is 0 Å². The quantitative estimate of drug-likeness (QED) is 0.560. The molecular weight excluding hydrogens is 446 g/mol. The molecule has 0 amide bonds. The zero-order chi connectivity index (χ0) is 17.6. The number of hydrogen-bond acceptors (Lipinski definition) is 3. The van der Waals surface area contributed by atoms with Crippen LogP contribution < -0.4 is 14.8 Å². The highest BCUT2D eigenvalue weighted by Gasteiger charge is 2.38. The maximum absolute atomic E-state index is 5.55. The molecule has 1 aliphatic heterocycles. The maximum atomic E-state index is 5.55. The van der Waals surface area contributed by atoms with E-state index in [4.69, 9.17) is 9.47 Å². The number of anilines is 1. The molecule has 0 unspecified atom stereocenters. The zero-order valence-corrected chi connectivity index (χ0v) is 17.2. The molecule has 3 nitrogen and oxygen atoms in total. The van der Waals surface area contributed by atoms with Gasteiger partial charge in [-0.1, -0.05) is 24.3 Å². The smallest absolute Gasteiger partial charge is 0.174 e. The third-order valence-electron chi connectivity index (χ3n) is 5.16. The molecular formula is C20H19Br2NO2. The average molecular weight is 465 g/mol. The lowest BCUT2D eigenvalue weighted by Crippen LogP contribution is -2.29. The molecule has 0 saturated heterocycles. The number of ether oxygens (including phenoxy) is 2. The van der Waals surface area contributed by atoms with Crippen molar-refractivity contribution in [3.8, 4) is 11.5 Å².